The smallest absolute Gasteiger partial charge is 0.177 e. The molecule has 0 amide bonds. The number of nitrogen functional groups attached to an aromatic ring is 2. The topological polar surface area (TPSA) is 70.5 Å². The summed E-state index contributed by atoms with van der Waals surface area (Å²) in [5.74, 6) is 2.61. The van der Waals surface area contributed by atoms with E-state index in [9.17, 15) is 0 Å². The van der Waals surface area contributed by atoms with E-state index in [-0.39, 0.29) is 0 Å². The molecule has 0 aliphatic heterocycles. The van der Waals surface area contributed by atoms with Crippen molar-refractivity contribution >= 4 is 11.4 Å². The van der Waals surface area contributed by atoms with Gasteiger partial charge >= 0.3 is 0 Å². The molecule has 4 N–H and O–H groups in total. The second-order valence-corrected chi connectivity index (χ2v) is 6.34. The molecule has 0 aliphatic carbocycles. The maximum absolute atomic E-state index is 6.24. The van der Waals surface area contributed by atoms with Gasteiger partial charge in [-0.15, -0.1) is 0 Å². The lowest BCUT2D eigenvalue weighted by molar-refractivity contribution is 0.420. The average Bonchev–Trinajstić information content (AvgIpc) is 2.73. The standard InChI is InChI=1S/C24H20N2O2/c25-18-9-13-20(14-10-18)27-23-8-4-7-22(17-5-2-1-3-6-17)24(23)28-21-15-11-19(26)12-16-21/h1-16H,25-26H2. The second-order valence-electron chi connectivity index (χ2n) is 6.34. The number of nitrogens with two attached hydrogens (primary N) is 2. The summed E-state index contributed by atoms with van der Waals surface area (Å²) in [5, 5.41) is 0. The van der Waals surface area contributed by atoms with Gasteiger partial charge in [0.25, 0.3) is 0 Å². The third-order valence-electron chi connectivity index (χ3n) is 4.27. The monoisotopic (exact) mass is 368 g/mol. The van der Waals surface area contributed by atoms with E-state index in [1.54, 1.807) is 24.3 Å². The molecule has 0 saturated carbocycles. The van der Waals surface area contributed by atoms with Crippen LogP contribution >= 0.6 is 0 Å². The molecule has 138 valence electrons. The van der Waals surface area contributed by atoms with Crippen molar-refractivity contribution in [3.8, 4) is 34.1 Å². The van der Waals surface area contributed by atoms with Crippen molar-refractivity contribution in [2.45, 2.75) is 0 Å². The molecule has 0 spiro atoms. The van der Waals surface area contributed by atoms with E-state index in [0.717, 1.165) is 11.1 Å². The Morgan fingerprint density at radius 1 is 0.500 bits per heavy atom. The highest BCUT2D eigenvalue weighted by molar-refractivity contribution is 5.74. The Labute approximate surface area is 164 Å². The molecule has 0 heterocycles. The first-order chi connectivity index (χ1) is 13.7. The first-order valence-electron chi connectivity index (χ1n) is 8.94. The van der Waals surface area contributed by atoms with E-state index in [0.29, 0.717) is 34.4 Å². The molecular weight excluding hydrogens is 348 g/mol. The van der Waals surface area contributed by atoms with Crippen molar-refractivity contribution in [1.29, 1.82) is 0 Å². The van der Waals surface area contributed by atoms with Crippen LogP contribution in [0.2, 0.25) is 0 Å². The van der Waals surface area contributed by atoms with E-state index in [1.807, 2.05) is 72.8 Å². The van der Waals surface area contributed by atoms with Crippen LogP contribution < -0.4 is 20.9 Å². The lowest BCUT2D eigenvalue weighted by atomic mass is 10.0. The highest BCUT2D eigenvalue weighted by Crippen LogP contribution is 2.42. The molecule has 0 unspecified atom stereocenters. The molecular formula is C24H20N2O2. The van der Waals surface area contributed by atoms with Crippen molar-refractivity contribution in [2.24, 2.45) is 0 Å². The van der Waals surface area contributed by atoms with Crippen LogP contribution in [0.25, 0.3) is 11.1 Å². The summed E-state index contributed by atoms with van der Waals surface area (Å²) < 4.78 is 12.4. The van der Waals surface area contributed by atoms with E-state index in [2.05, 4.69) is 0 Å². The highest BCUT2D eigenvalue weighted by Gasteiger charge is 2.15. The van der Waals surface area contributed by atoms with Gasteiger partial charge in [0, 0.05) is 16.9 Å². The van der Waals surface area contributed by atoms with Crippen molar-refractivity contribution in [2.75, 3.05) is 11.5 Å². The summed E-state index contributed by atoms with van der Waals surface area (Å²) in [4.78, 5) is 0. The van der Waals surface area contributed by atoms with Crippen molar-refractivity contribution in [3.05, 3.63) is 97.1 Å². The zero-order valence-corrected chi connectivity index (χ0v) is 15.2. The molecule has 4 aromatic rings. The largest absolute Gasteiger partial charge is 0.453 e. The molecule has 28 heavy (non-hydrogen) atoms. The quantitative estimate of drug-likeness (QED) is 0.417. The van der Waals surface area contributed by atoms with E-state index in [1.165, 1.54) is 0 Å². The Morgan fingerprint density at radius 2 is 1.07 bits per heavy atom. The highest BCUT2D eigenvalue weighted by atomic mass is 16.5. The predicted octanol–water partition coefficient (Wildman–Crippen LogP) is 6.10. The summed E-state index contributed by atoms with van der Waals surface area (Å²) in [5.41, 5.74) is 14.9. The molecule has 0 fully saturated rings. The van der Waals surface area contributed by atoms with Gasteiger partial charge in [-0.3, -0.25) is 0 Å². The maximum Gasteiger partial charge on any atom is 0.177 e. The third-order valence-corrected chi connectivity index (χ3v) is 4.27. The molecule has 4 nitrogen and oxygen atoms in total. The summed E-state index contributed by atoms with van der Waals surface area (Å²) in [6, 6.07) is 30.5. The van der Waals surface area contributed by atoms with Crippen LogP contribution in [-0.4, -0.2) is 0 Å². The van der Waals surface area contributed by atoms with E-state index >= 15 is 0 Å². The van der Waals surface area contributed by atoms with Crippen LogP contribution in [-0.2, 0) is 0 Å². The number of rotatable bonds is 5. The molecule has 4 heteroatoms. The van der Waals surface area contributed by atoms with Gasteiger partial charge in [-0.25, -0.2) is 0 Å². The minimum absolute atomic E-state index is 0.614. The van der Waals surface area contributed by atoms with Gasteiger partial charge in [0.1, 0.15) is 11.5 Å². The fourth-order valence-corrected chi connectivity index (χ4v) is 2.86. The number of hydrogen-bond donors (Lipinski definition) is 2. The Morgan fingerprint density at radius 3 is 1.68 bits per heavy atom. The molecule has 0 aromatic heterocycles. The van der Waals surface area contributed by atoms with Gasteiger partial charge in [-0.05, 0) is 60.2 Å². The molecule has 0 radical (unpaired) electrons. The Hall–Kier alpha value is -3.92. The Kier molecular flexibility index (Phi) is 4.85. The van der Waals surface area contributed by atoms with Gasteiger partial charge in [-0.2, -0.15) is 0 Å². The lowest BCUT2D eigenvalue weighted by Crippen LogP contribution is -1.94. The average molecular weight is 368 g/mol. The van der Waals surface area contributed by atoms with Crippen LogP contribution in [0.15, 0.2) is 97.1 Å². The molecule has 0 bridgehead atoms. The van der Waals surface area contributed by atoms with Gasteiger partial charge in [0.05, 0.1) is 0 Å². The summed E-state index contributed by atoms with van der Waals surface area (Å²) in [7, 11) is 0. The van der Waals surface area contributed by atoms with Crippen LogP contribution in [0.1, 0.15) is 0 Å². The number of para-hydroxylation sites is 1. The van der Waals surface area contributed by atoms with Gasteiger partial charge < -0.3 is 20.9 Å². The summed E-state index contributed by atoms with van der Waals surface area (Å²) in [6.45, 7) is 0. The zero-order chi connectivity index (χ0) is 19.3. The van der Waals surface area contributed by atoms with Crippen molar-refractivity contribution in [1.82, 2.24) is 0 Å². The molecule has 0 atom stereocenters. The fraction of sp³-hybridized carbons (Fsp3) is 0. The van der Waals surface area contributed by atoms with Gasteiger partial charge in [0.15, 0.2) is 11.5 Å². The fourth-order valence-electron chi connectivity index (χ4n) is 2.86. The van der Waals surface area contributed by atoms with Crippen LogP contribution in [0.4, 0.5) is 11.4 Å². The summed E-state index contributed by atoms with van der Waals surface area (Å²) >= 11 is 0. The SMILES string of the molecule is Nc1ccc(Oc2cccc(-c3ccccc3)c2Oc2ccc(N)cc2)cc1. The zero-order valence-electron chi connectivity index (χ0n) is 15.2. The number of benzene rings is 4. The van der Waals surface area contributed by atoms with Crippen LogP contribution in [0.3, 0.4) is 0 Å². The molecule has 4 aromatic carbocycles. The Bertz CT molecular complexity index is 1060. The van der Waals surface area contributed by atoms with Gasteiger partial charge in [0.2, 0.25) is 0 Å². The maximum atomic E-state index is 6.24. The van der Waals surface area contributed by atoms with E-state index < -0.39 is 0 Å². The van der Waals surface area contributed by atoms with Crippen LogP contribution in [0, 0.1) is 0 Å². The van der Waals surface area contributed by atoms with E-state index in [4.69, 9.17) is 20.9 Å². The number of ether oxygens (including phenoxy) is 2. The minimum Gasteiger partial charge on any atom is -0.453 e. The first kappa shape index (κ1) is 17.5. The van der Waals surface area contributed by atoms with Crippen molar-refractivity contribution < 1.29 is 9.47 Å². The lowest BCUT2D eigenvalue weighted by Gasteiger charge is -2.16. The van der Waals surface area contributed by atoms with Crippen molar-refractivity contribution in [3.63, 3.8) is 0 Å². The normalized spacial score (nSPS) is 10.4. The summed E-state index contributed by atoms with van der Waals surface area (Å²) in [6.07, 6.45) is 0. The number of hydrogen-bond acceptors (Lipinski definition) is 4. The number of anilines is 2. The second kappa shape index (κ2) is 7.76. The third kappa shape index (κ3) is 3.91. The molecule has 0 aliphatic rings. The predicted molar refractivity (Wildman–Crippen MR) is 114 cm³/mol. The minimum atomic E-state index is 0.614. The van der Waals surface area contributed by atoms with Gasteiger partial charge in [-0.1, -0.05) is 42.5 Å². The first-order valence-corrected chi connectivity index (χ1v) is 8.94. The Balaban J connectivity index is 1.78. The molecule has 0 saturated heterocycles. The molecule has 4 rings (SSSR count). The van der Waals surface area contributed by atoms with Crippen LogP contribution in [0.5, 0.6) is 23.0 Å².